The highest BCUT2D eigenvalue weighted by Gasteiger charge is 2.11. The largest absolute Gasteiger partial charge is 0.422 e. The van der Waals surface area contributed by atoms with Gasteiger partial charge in [0.15, 0.2) is 0 Å². The Morgan fingerprint density at radius 3 is 2.35 bits per heavy atom. The van der Waals surface area contributed by atoms with Crippen molar-refractivity contribution in [1.82, 2.24) is 0 Å². The SMILES string of the molecule is O=C(Oc1ccc2ccccc2c1S)c1ccccc1. The summed E-state index contributed by atoms with van der Waals surface area (Å²) in [6.45, 7) is 0. The first-order valence-electron chi connectivity index (χ1n) is 6.23. The summed E-state index contributed by atoms with van der Waals surface area (Å²) in [6, 6.07) is 20.5. The number of hydrogen-bond acceptors (Lipinski definition) is 3. The van der Waals surface area contributed by atoms with Gasteiger partial charge in [0.2, 0.25) is 0 Å². The highest BCUT2D eigenvalue weighted by molar-refractivity contribution is 7.80. The van der Waals surface area contributed by atoms with E-state index in [1.165, 1.54) is 0 Å². The summed E-state index contributed by atoms with van der Waals surface area (Å²) in [5.74, 6) is 0.0945. The van der Waals surface area contributed by atoms with E-state index < -0.39 is 0 Å². The van der Waals surface area contributed by atoms with Crippen LogP contribution in [0.25, 0.3) is 10.8 Å². The molecule has 20 heavy (non-hydrogen) atoms. The first kappa shape index (κ1) is 12.8. The second-order valence-corrected chi connectivity index (χ2v) is 4.84. The molecule has 98 valence electrons. The van der Waals surface area contributed by atoms with Crippen LogP contribution in [0.2, 0.25) is 0 Å². The summed E-state index contributed by atoms with van der Waals surface area (Å²) in [4.78, 5) is 12.7. The van der Waals surface area contributed by atoms with Crippen molar-refractivity contribution in [1.29, 1.82) is 0 Å². The lowest BCUT2D eigenvalue weighted by atomic mass is 10.1. The second kappa shape index (κ2) is 5.39. The van der Waals surface area contributed by atoms with Gasteiger partial charge in [0, 0.05) is 0 Å². The van der Waals surface area contributed by atoms with Crippen molar-refractivity contribution in [2.45, 2.75) is 4.90 Å². The molecule has 0 N–H and O–H groups in total. The van der Waals surface area contributed by atoms with Gasteiger partial charge in [-0.2, -0.15) is 0 Å². The summed E-state index contributed by atoms with van der Waals surface area (Å²) < 4.78 is 5.42. The van der Waals surface area contributed by atoms with Gasteiger partial charge in [-0.3, -0.25) is 0 Å². The monoisotopic (exact) mass is 280 g/mol. The fourth-order valence-corrected chi connectivity index (χ4v) is 2.37. The average Bonchev–Trinajstić information content (AvgIpc) is 2.51. The normalized spacial score (nSPS) is 10.4. The highest BCUT2D eigenvalue weighted by atomic mass is 32.1. The fraction of sp³-hybridized carbons (Fsp3) is 0. The molecule has 3 heteroatoms. The van der Waals surface area contributed by atoms with Gasteiger partial charge in [0.1, 0.15) is 5.75 Å². The number of hydrogen-bond donors (Lipinski definition) is 1. The molecule has 0 bridgehead atoms. The van der Waals surface area contributed by atoms with E-state index in [4.69, 9.17) is 4.74 Å². The Bertz CT molecular complexity index is 766. The van der Waals surface area contributed by atoms with Crippen LogP contribution in [-0.2, 0) is 0 Å². The van der Waals surface area contributed by atoms with E-state index in [0.717, 1.165) is 10.8 Å². The number of benzene rings is 3. The molecule has 0 saturated heterocycles. The number of fused-ring (bicyclic) bond motifs is 1. The van der Waals surface area contributed by atoms with Gasteiger partial charge in [-0.05, 0) is 29.0 Å². The molecule has 0 heterocycles. The third-order valence-electron chi connectivity index (χ3n) is 3.08. The van der Waals surface area contributed by atoms with Crippen LogP contribution in [0.1, 0.15) is 10.4 Å². The minimum Gasteiger partial charge on any atom is -0.422 e. The third-order valence-corrected chi connectivity index (χ3v) is 3.54. The standard InChI is InChI=1S/C17H12O2S/c18-17(13-7-2-1-3-8-13)19-15-11-10-12-6-4-5-9-14(12)16(15)20/h1-11,20H. The molecule has 2 nitrogen and oxygen atoms in total. The topological polar surface area (TPSA) is 26.3 Å². The van der Waals surface area contributed by atoms with Crippen LogP contribution >= 0.6 is 12.6 Å². The van der Waals surface area contributed by atoms with Gasteiger partial charge in [-0.25, -0.2) is 4.79 Å². The number of carbonyl (C=O) groups excluding carboxylic acids is 1. The summed E-state index contributed by atoms with van der Waals surface area (Å²) in [5.41, 5.74) is 0.522. The van der Waals surface area contributed by atoms with Crippen LogP contribution in [0.3, 0.4) is 0 Å². The fourth-order valence-electron chi connectivity index (χ4n) is 2.05. The van der Waals surface area contributed by atoms with Crippen LogP contribution in [0.4, 0.5) is 0 Å². The van der Waals surface area contributed by atoms with E-state index in [0.29, 0.717) is 16.2 Å². The summed E-state index contributed by atoms with van der Waals surface area (Å²) in [5, 5.41) is 2.03. The second-order valence-electron chi connectivity index (χ2n) is 4.39. The minimum absolute atomic E-state index is 0.379. The molecule has 0 spiro atoms. The maximum Gasteiger partial charge on any atom is 0.343 e. The van der Waals surface area contributed by atoms with Crippen molar-refractivity contribution >= 4 is 29.4 Å². The van der Waals surface area contributed by atoms with Crippen LogP contribution < -0.4 is 4.74 Å². The van der Waals surface area contributed by atoms with Gasteiger partial charge in [-0.15, -0.1) is 12.6 Å². The van der Waals surface area contributed by atoms with E-state index in [-0.39, 0.29) is 5.97 Å². The molecule has 0 unspecified atom stereocenters. The molecule has 0 amide bonds. The molecule has 3 aromatic rings. The van der Waals surface area contributed by atoms with Crippen LogP contribution in [-0.4, -0.2) is 5.97 Å². The van der Waals surface area contributed by atoms with Gasteiger partial charge >= 0.3 is 5.97 Å². The molecular weight excluding hydrogens is 268 g/mol. The Labute approximate surface area is 122 Å². The average molecular weight is 280 g/mol. The first-order chi connectivity index (χ1) is 9.75. The number of carbonyl (C=O) groups is 1. The van der Waals surface area contributed by atoms with Crippen molar-refractivity contribution in [3.05, 3.63) is 72.3 Å². The molecule has 0 aromatic heterocycles. The van der Waals surface area contributed by atoms with Crippen molar-refractivity contribution < 1.29 is 9.53 Å². The Morgan fingerprint density at radius 2 is 1.55 bits per heavy atom. The lowest BCUT2D eigenvalue weighted by Crippen LogP contribution is -2.08. The zero-order valence-electron chi connectivity index (χ0n) is 10.6. The van der Waals surface area contributed by atoms with Gasteiger partial charge < -0.3 is 4.74 Å². The van der Waals surface area contributed by atoms with Gasteiger partial charge in [0.05, 0.1) is 10.5 Å². The van der Waals surface area contributed by atoms with E-state index in [2.05, 4.69) is 12.6 Å². The van der Waals surface area contributed by atoms with Crippen LogP contribution in [0, 0.1) is 0 Å². The van der Waals surface area contributed by atoms with Crippen LogP contribution in [0.15, 0.2) is 71.6 Å². The summed E-state index contributed by atoms with van der Waals surface area (Å²) in [7, 11) is 0. The predicted molar refractivity (Wildman–Crippen MR) is 82.6 cm³/mol. The molecule has 0 aliphatic carbocycles. The van der Waals surface area contributed by atoms with E-state index in [9.17, 15) is 4.79 Å². The predicted octanol–water partition coefficient (Wildman–Crippen LogP) is 4.35. The van der Waals surface area contributed by atoms with E-state index in [1.54, 1.807) is 30.3 Å². The Hall–Kier alpha value is -2.26. The Balaban J connectivity index is 1.95. The third kappa shape index (κ3) is 2.40. The number of rotatable bonds is 2. The Kier molecular flexibility index (Phi) is 3.44. The first-order valence-corrected chi connectivity index (χ1v) is 6.68. The lowest BCUT2D eigenvalue weighted by Gasteiger charge is -2.09. The van der Waals surface area contributed by atoms with E-state index in [1.807, 2.05) is 36.4 Å². The quantitative estimate of drug-likeness (QED) is 0.429. The zero-order chi connectivity index (χ0) is 13.9. The maximum atomic E-state index is 12.0. The highest BCUT2D eigenvalue weighted by Crippen LogP contribution is 2.31. The Morgan fingerprint density at radius 1 is 0.850 bits per heavy atom. The van der Waals surface area contributed by atoms with Crippen molar-refractivity contribution in [3.63, 3.8) is 0 Å². The van der Waals surface area contributed by atoms with Crippen molar-refractivity contribution in [2.75, 3.05) is 0 Å². The van der Waals surface area contributed by atoms with Gasteiger partial charge in [0.25, 0.3) is 0 Å². The lowest BCUT2D eigenvalue weighted by molar-refractivity contribution is 0.0731. The van der Waals surface area contributed by atoms with Crippen molar-refractivity contribution in [3.8, 4) is 5.75 Å². The molecule has 0 fully saturated rings. The summed E-state index contributed by atoms with van der Waals surface area (Å²) >= 11 is 4.47. The molecule has 3 aromatic carbocycles. The van der Waals surface area contributed by atoms with E-state index >= 15 is 0 Å². The zero-order valence-corrected chi connectivity index (χ0v) is 11.5. The molecular formula is C17H12O2S. The smallest absolute Gasteiger partial charge is 0.343 e. The van der Waals surface area contributed by atoms with Crippen molar-refractivity contribution in [2.24, 2.45) is 0 Å². The molecule has 0 radical (unpaired) electrons. The number of thiol groups is 1. The molecule has 0 aliphatic rings. The maximum absolute atomic E-state index is 12.0. The number of esters is 1. The molecule has 0 atom stereocenters. The molecule has 3 rings (SSSR count). The number of ether oxygens (including phenoxy) is 1. The van der Waals surface area contributed by atoms with Crippen LogP contribution in [0.5, 0.6) is 5.75 Å². The molecule has 0 saturated carbocycles. The van der Waals surface area contributed by atoms with Gasteiger partial charge in [-0.1, -0.05) is 48.5 Å². The molecule has 0 aliphatic heterocycles. The minimum atomic E-state index is -0.379. The summed E-state index contributed by atoms with van der Waals surface area (Å²) in [6.07, 6.45) is 0.